The van der Waals surface area contributed by atoms with Crippen LogP contribution in [0.2, 0.25) is 0 Å². The van der Waals surface area contributed by atoms with Crippen LogP contribution in [0.4, 0.5) is 5.82 Å². The van der Waals surface area contributed by atoms with Gasteiger partial charge in [0.05, 0.1) is 5.39 Å². The molecule has 0 saturated carbocycles. The predicted molar refractivity (Wildman–Crippen MR) is 88.7 cm³/mol. The van der Waals surface area contributed by atoms with Gasteiger partial charge in [0.2, 0.25) is 5.71 Å². The lowest BCUT2D eigenvalue weighted by Gasteiger charge is -2.13. The van der Waals surface area contributed by atoms with Crippen molar-refractivity contribution in [2.45, 2.75) is 32.1 Å². The fraction of sp³-hybridized carbons (Fsp3) is 0.471. The van der Waals surface area contributed by atoms with Gasteiger partial charge in [0.25, 0.3) is 0 Å². The Morgan fingerprint density at radius 2 is 2.17 bits per heavy atom. The van der Waals surface area contributed by atoms with Gasteiger partial charge in [-0.1, -0.05) is 0 Å². The van der Waals surface area contributed by atoms with E-state index >= 15 is 0 Å². The molecular formula is C17H20N4O2. The lowest BCUT2D eigenvalue weighted by molar-refractivity contribution is 0.198. The van der Waals surface area contributed by atoms with Gasteiger partial charge >= 0.3 is 0 Å². The van der Waals surface area contributed by atoms with E-state index < -0.39 is 0 Å². The van der Waals surface area contributed by atoms with Gasteiger partial charge < -0.3 is 14.5 Å². The molecule has 0 atom stereocenters. The van der Waals surface area contributed by atoms with Gasteiger partial charge in [0.1, 0.15) is 11.8 Å². The summed E-state index contributed by atoms with van der Waals surface area (Å²) in [6.45, 7) is 1.50. The van der Waals surface area contributed by atoms with Gasteiger partial charge in [-0.3, -0.25) is 0 Å². The third kappa shape index (κ3) is 2.63. The number of rotatable bonds is 5. The maximum absolute atomic E-state index is 5.98. The van der Waals surface area contributed by atoms with E-state index in [1.807, 2.05) is 0 Å². The van der Waals surface area contributed by atoms with Gasteiger partial charge in [-0.2, -0.15) is 0 Å². The number of hydrogen-bond donors (Lipinski definition) is 1. The molecule has 6 nitrogen and oxygen atoms in total. The first-order valence-electron chi connectivity index (χ1n) is 8.15. The van der Waals surface area contributed by atoms with Crippen LogP contribution in [0.1, 0.15) is 30.5 Å². The molecule has 4 rings (SSSR count). The van der Waals surface area contributed by atoms with Gasteiger partial charge in [-0.25, -0.2) is 15.0 Å². The molecule has 0 unspecified atom stereocenters. The largest absolute Gasteiger partial charge is 0.432 e. The minimum atomic E-state index is 0.668. The van der Waals surface area contributed by atoms with Crippen LogP contribution in [-0.4, -0.2) is 35.2 Å². The van der Waals surface area contributed by atoms with Crippen molar-refractivity contribution in [1.82, 2.24) is 15.0 Å². The zero-order chi connectivity index (χ0) is 15.6. The van der Waals surface area contributed by atoms with Crippen LogP contribution in [0, 0.1) is 0 Å². The highest BCUT2D eigenvalue weighted by molar-refractivity contribution is 6.04. The number of ether oxygens (including phenoxy) is 1. The average Bonchev–Trinajstić information content (AvgIpc) is 2.95. The molecule has 0 bridgehead atoms. The van der Waals surface area contributed by atoms with Crippen molar-refractivity contribution in [2.24, 2.45) is 0 Å². The van der Waals surface area contributed by atoms with Crippen LogP contribution in [0.15, 0.2) is 16.8 Å². The summed E-state index contributed by atoms with van der Waals surface area (Å²) in [4.78, 5) is 13.4. The molecule has 0 aliphatic heterocycles. The van der Waals surface area contributed by atoms with Gasteiger partial charge in [0.15, 0.2) is 11.4 Å². The van der Waals surface area contributed by atoms with Gasteiger partial charge in [0, 0.05) is 26.0 Å². The summed E-state index contributed by atoms with van der Waals surface area (Å²) in [7, 11) is 1.70. The number of aryl methyl sites for hydroxylation is 2. The van der Waals surface area contributed by atoms with Crippen molar-refractivity contribution in [3.63, 3.8) is 0 Å². The molecule has 3 aromatic rings. The van der Waals surface area contributed by atoms with E-state index in [4.69, 9.17) is 14.1 Å². The monoisotopic (exact) mass is 312 g/mol. The first kappa shape index (κ1) is 14.4. The molecule has 120 valence electrons. The fourth-order valence-electron chi connectivity index (χ4n) is 3.17. The lowest BCUT2D eigenvalue weighted by atomic mass is 9.95. The number of methoxy groups -OCH3 is 1. The number of nitrogens with one attached hydrogen (secondary N) is 1. The van der Waals surface area contributed by atoms with Crippen molar-refractivity contribution < 1.29 is 9.15 Å². The summed E-state index contributed by atoms with van der Waals surface area (Å²) < 4.78 is 11.0. The summed E-state index contributed by atoms with van der Waals surface area (Å²) in [6.07, 6.45) is 7.06. The first-order valence-corrected chi connectivity index (χ1v) is 8.15. The van der Waals surface area contributed by atoms with Crippen LogP contribution in [0.3, 0.4) is 0 Å². The van der Waals surface area contributed by atoms with E-state index in [2.05, 4.69) is 21.4 Å². The minimum Gasteiger partial charge on any atom is -0.432 e. The molecule has 6 heteroatoms. The molecule has 0 aromatic carbocycles. The number of anilines is 1. The molecule has 0 spiro atoms. The number of aromatic nitrogens is 3. The lowest BCUT2D eigenvalue weighted by Crippen LogP contribution is -2.06. The number of pyridine rings is 1. The Hall–Kier alpha value is -2.21. The molecule has 23 heavy (non-hydrogen) atoms. The Morgan fingerprint density at radius 3 is 3.09 bits per heavy atom. The minimum absolute atomic E-state index is 0.668. The zero-order valence-corrected chi connectivity index (χ0v) is 13.3. The van der Waals surface area contributed by atoms with Crippen molar-refractivity contribution >= 4 is 28.0 Å². The summed E-state index contributed by atoms with van der Waals surface area (Å²) in [5, 5.41) is 4.29. The third-order valence-electron chi connectivity index (χ3n) is 4.34. The Kier molecular flexibility index (Phi) is 3.83. The molecule has 0 amide bonds. The second-order valence-corrected chi connectivity index (χ2v) is 5.93. The standard InChI is InChI=1S/C17H20N4O2/c1-22-8-4-7-18-16-15-14(19-10-20-16)12-9-11-5-2-3-6-13(11)21-17(12)23-15/h9-10H,2-8H2,1H3,(H,18,19,20). The molecule has 0 fully saturated rings. The normalized spacial score (nSPS) is 14.3. The summed E-state index contributed by atoms with van der Waals surface area (Å²) in [5.74, 6) is 0.724. The average molecular weight is 312 g/mol. The van der Waals surface area contributed by atoms with Gasteiger partial charge in [-0.15, -0.1) is 0 Å². The van der Waals surface area contributed by atoms with E-state index in [9.17, 15) is 0 Å². The van der Waals surface area contributed by atoms with E-state index in [1.54, 1.807) is 13.4 Å². The van der Waals surface area contributed by atoms with E-state index in [1.165, 1.54) is 24.1 Å². The topological polar surface area (TPSA) is 73.1 Å². The first-order chi connectivity index (χ1) is 11.4. The summed E-state index contributed by atoms with van der Waals surface area (Å²) >= 11 is 0. The van der Waals surface area contributed by atoms with Crippen molar-refractivity contribution in [1.29, 1.82) is 0 Å². The van der Waals surface area contributed by atoms with Crippen LogP contribution in [0.25, 0.3) is 22.2 Å². The molecule has 1 aliphatic carbocycles. The fourth-order valence-corrected chi connectivity index (χ4v) is 3.17. The molecule has 3 heterocycles. The second-order valence-electron chi connectivity index (χ2n) is 5.93. The molecule has 1 aliphatic rings. The van der Waals surface area contributed by atoms with Crippen LogP contribution in [0.5, 0.6) is 0 Å². The Bertz CT molecular complexity index is 843. The molecule has 0 radical (unpaired) electrons. The predicted octanol–water partition coefficient (Wildman–Crippen LogP) is 3.10. The number of furan rings is 1. The Labute approximate surface area is 134 Å². The van der Waals surface area contributed by atoms with Crippen LogP contribution >= 0.6 is 0 Å². The number of hydrogen-bond acceptors (Lipinski definition) is 6. The van der Waals surface area contributed by atoms with E-state index in [-0.39, 0.29) is 0 Å². The second kappa shape index (κ2) is 6.12. The highest BCUT2D eigenvalue weighted by Crippen LogP contribution is 2.32. The quantitative estimate of drug-likeness (QED) is 0.730. The molecule has 3 aromatic heterocycles. The van der Waals surface area contributed by atoms with Crippen molar-refractivity contribution in [2.75, 3.05) is 25.6 Å². The zero-order valence-electron chi connectivity index (χ0n) is 13.3. The SMILES string of the molecule is COCCCNc1ncnc2c1oc1nc3c(cc12)CCCC3. The maximum Gasteiger partial charge on any atom is 0.229 e. The molecular weight excluding hydrogens is 292 g/mol. The molecule has 1 N–H and O–H groups in total. The smallest absolute Gasteiger partial charge is 0.229 e. The van der Waals surface area contributed by atoms with Crippen LogP contribution < -0.4 is 5.32 Å². The van der Waals surface area contributed by atoms with E-state index in [0.717, 1.165) is 49.1 Å². The highest BCUT2D eigenvalue weighted by atomic mass is 16.5. The van der Waals surface area contributed by atoms with Crippen molar-refractivity contribution in [3.05, 3.63) is 23.7 Å². The highest BCUT2D eigenvalue weighted by Gasteiger charge is 2.18. The van der Waals surface area contributed by atoms with Gasteiger partial charge in [-0.05, 0) is 43.7 Å². The van der Waals surface area contributed by atoms with E-state index in [0.29, 0.717) is 11.3 Å². The van der Waals surface area contributed by atoms with Crippen LogP contribution in [-0.2, 0) is 17.6 Å². The summed E-state index contributed by atoms with van der Waals surface area (Å²) in [6, 6.07) is 2.20. The van der Waals surface area contributed by atoms with Crippen molar-refractivity contribution in [3.8, 4) is 0 Å². The molecule has 0 saturated heterocycles. The number of fused-ring (bicyclic) bond motifs is 4. The maximum atomic E-state index is 5.98. The summed E-state index contributed by atoms with van der Waals surface area (Å²) in [5.41, 5.74) is 4.70. The Morgan fingerprint density at radius 1 is 1.26 bits per heavy atom. The third-order valence-corrected chi connectivity index (χ3v) is 4.34. The Balaban J connectivity index is 1.75. The number of nitrogens with zero attached hydrogens (tertiary/aromatic N) is 3.